The van der Waals surface area contributed by atoms with E-state index < -0.39 is 0 Å². The predicted octanol–water partition coefficient (Wildman–Crippen LogP) is 4.38. The summed E-state index contributed by atoms with van der Waals surface area (Å²) in [7, 11) is 0. The van der Waals surface area contributed by atoms with Gasteiger partial charge < -0.3 is 4.57 Å². The molecule has 0 N–H and O–H groups in total. The Morgan fingerprint density at radius 3 is 2.79 bits per heavy atom. The molecule has 19 heavy (non-hydrogen) atoms. The molecule has 1 aliphatic rings. The molecule has 1 aliphatic carbocycles. The van der Waals surface area contributed by atoms with Crippen molar-refractivity contribution in [3.05, 3.63) is 51.3 Å². The lowest BCUT2D eigenvalue weighted by Crippen LogP contribution is -2.13. The van der Waals surface area contributed by atoms with Crippen LogP contribution in [0.5, 0.6) is 0 Å². The lowest BCUT2D eigenvalue weighted by Gasteiger charge is -2.18. The van der Waals surface area contributed by atoms with Gasteiger partial charge in [0.25, 0.3) is 0 Å². The van der Waals surface area contributed by atoms with E-state index in [9.17, 15) is 4.79 Å². The van der Waals surface area contributed by atoms with Gasteiger partial charge in [-0.1, -0.05) is 12.1 Å². The van der Waals surface area contributed by atoms with E-state index in [2.05, 4.69) is 52.5 Å². The molecule has 0 radical (unpaired) electrons. The summed E-state index contributed by atoms with van der Waals surface area (Å²) in [5.74, 6) is 0.284. The Morgan fingerprint density at radius 2 is 2.00 bits per heavy atom. The SMILES string of the molecule is Cc1cccc(-n2c(C)cc3c2CCCC3=O)c1Br. The topological polar surface area (TPSA) is 22.0 Å². The molecule has 98 valence electrons. The molecular formula is C16H16BrNO. The van der Waals surface area contributed by atoms with Gasteiger partial charge >= 0.3 is 0 Å². The van der Waals surface area contributed by atoms with Crippen LogP contribution in [0.2, 0.25) is 0 Å². The summed E-state index contributed by atoms with van der Waals surface area (Å²) >= 11 is 3.67. The van der Waals surface area contributed by atoms with Gasteiger partial charge in [-0.05, 0) is 60.3 Å². The predicted molar refractivity (Wildman–Crippen MR) is 80.2 cm³/mol. The Kier molecular flexibility index (Phi) is 3.09. The third-order valence-corrected chi connectivity index (χ3v) is 4.85. The van der Waals surface area contributed by atoms with Gasteiger partial charge in [-0.15, -0.1) is 0 Å². The second kappa shape index (κ2) is 4.64. The zero-order chi connectivity index (χ0) is 13.6. The molecule has 0 saturated carbocycles. The molecule has 0 aliphatic heterocycles. The van der Waals surface area contributed by atoms with Crippen LogP contribution in [-0.2, 0) is 6.42 Å². The molecule has 0 amide bonds. The summed E-state index contributed by atoms with van der Waals surface area (Å²) in [5.41, 5.74) is 5.55. The molecule has 0 atom stereocenters. The van der Waals surface area contributed by atoms with Gasteiger partial charge in [0.2, 0.25) is 0 Å². The van der Waals surface area contributed by atoms with Gasteiger partial charge in [0.05, 0.1) is 5.69 Å². The van der Waals surface area contributed by atoms with Gasteiger partial charge in [-0.3, -0.25) is 4.79 Å². The number of ketones is 1. The fourth-order valence-corrected chi connectivity index (χ4v) is 3.31. The molecule has 1 heterocycles. The van der Waals surface area contributed by atoms with Crippen LogP contribution in [0.1, 0.15) is 40.2 Å². The maximum Gasteiger partial charge on any atom is 0.164 e. The smallest absolute Gasteiger partial charge is 0.164 e. The fourth-order valence-electron chi connectivity index (χ4n) is 2.87. The van der Waals surface area contributed by atoms with Crippen LogP contribution >= 0.6 is 15.9 Å². The number of rotatable bonds is 1. The van der Waals surface area contributed by atoms with Gasteiger partial charge in [-0.2, -0.15) is 0 Å². The minimum absolute atomic E-state index is 0.284. The Balaban J connectivity index is 2.26. The van der Waals surface area contributed by atoms with Crippen molar-refractivity contribution in [3.63, 3.8) is 0 Å². The first-order chi connectivity index (χ1) is 9.09. The lowest BCUT2D eigenvalue weighted by molar-refractivity contribution is 0.0972. The van der Waals surface area contributed by atoms with E-state index in [1.165, 1.54) is 11.3 Å². The molecule has 3 rings (SSSR count). The van der Waals surface area contributed by atoms with Gasteiger partial charge in [0.1, 0.15) is 0 Å². The molecule has 0 bridgehead atoms. The molecule has 3 heteroatoms. The highest BCUT2D eigenvalue weighted by atomic mass is 79.9. The second-order valence-electron chi connectivity index (χ2n) is 5.17. The summed E-state index contributed by atoms with van der Waals surface area (Å²) in [6, 6.07) is 8.28. The molecule has 0 saturated heterocycles. The van der Waals surface area contributed by atoms with Crippen molar-refractivity contribution in [2.45, 2.75) is 33.1 Å². The summed E-state index contributed by atoms with van der Waals surface area (Å²) in [6.45, 7) is 4.16. The standard InChI is InChI=1S/C16H16BrNO/c1-10-5-3-7-14(16(10)17)18-11(2)9-12-13(18)6-4-8-15(12)19/h3,5,7,9H,4,6,8H2,1-2H3. The average Bonchev–Trinajstić information content (AvgIpc) is 2.71. The number of halogens is 1. The summed E-state index contributed by atoms with van der Waals surface area (Å²) in [4.78, 5) is 12.0. The number of fused-ring (bicyclic) bond motifs is 1. The maximum atomic E-state index is 12.0. The van der Waals surface area contributed by atoms with Crippen LogP contribution in [0.4, 0.5) is 0 Å². The summed E-state index contributed by atoms with van der Waals surface area (Å²) in [6.07, 6.45) is 2.62. The second-order valence-corrected chi connectivity index (χ2v) is 5.96. The summed E-state index contributed by atoms with van der Waals surface area (Å²) < 4.78 is 3.33. The van der Waals surface area contributed by atoms with Gasteiger partial charge in [0, 0.05) is 27.8 Å². The number of hydrogen-bond donors (Lipinski definition) is 0. The fraction of sp³-hybridized carbons (Fsp3) is 0.312. The van der Waals surface area contributed by atoms with Crippen molar-refractivity contribution >= 4 is 21.7 Å². The first kappa shape index (κ1) is 12.7. The number of carbonyl (C=O) groups is 1. The van der Waals surface area contributed by atoms with E-state index in [0.29, 0.717) is 6.42 Å². The number of aryl methyl sites for hydroxylation is 2. The first-order valence-corrected chi connectivity index (χ1v) is 7.39. The molecule has 2 nitrogen and oxygen atoms in total. The number of Topliss-reactive ketones (excluding diaryl/α,β-unsaturated/α-hetero) is 1. The van der Waals surface area contributed by atoms with E-state index in [1.54, 1.807) is 0 Å². The Bertz CT molecular complexity index is 670. The Morgan fingerprint density at radius 1 is 1.21 bits per heavy atom. The van der Waals surface area contributed by atoms with Crippen molar-refractivity contribution in [1.82, 2.24) is 4.57 Å². The van der Waals surface area contributed by atoms with Crippen LogP contribution in [0, 0.1) is 13.8 Å². The molecule has 1 aromatic carbocycles. The lowest BCUT2D eigenvalue weighted by atomic mass is 9.96. The van der Waals surface area contributed by atoms with Crippen molar-refractivity contribution in [1.29, 1.82) is 0 Å². The number of carbonyl (C=O) groups excluding carboxylic acids is 1. The van der Waals surface area contributed by atoms with E-state index >= 15 is 0 Å². The highest BCUT2D eigenvalue weighted by Gasteiger charge is 2.23. The van der Waals surface area contributed by atoms with E-state index in [0.717, 1.165) is 34.3 Å². The number of benzene rings is 1. The van der Waals surface area contributed by atoms with E-state index in [-0.39, 0.29) is 5.78 Å². The molecule has 0 fully saturated rings. The Hall–Kier alpha value is -1.35. The van der Waals surface area contributed by atoms with Crippen molar-refractivity contribution in [3.8, 4) is 5.69 Å². The number of aromatic nitrogens is 1. The molecule has 1 aromatic heterocycles. The maximum absolute atomic E-state index is 12.0. The van der Waals surface area contributed by atoms with Crippen molar-refractivity contribution in [2.75, 3.05) is 0 Å². The van der Waals surface area contributed by atoms with Crippen molar-refractivity contribution in [2.24, 2.45) is 0 Å². The minimum Gasteiger partial charge on any atom is -0.316 e. The van der Waals surface area contributed by atoms with Crippen LogP contribution < -0.4 is 0 Å². The van der Waals surface area contributed by atoms with Gasteiger partial charge in [0.15, 0.2) is 5.78 Å². The van der Waals surface area contributed by atoms with Crippen LogP contribution in [0.3, 0.4) is 0 Å². The third-order valence-electron chi connectivity index (χ3n) is 3.82. The molecule has 0 unspecified atom stereocenters. The number of hydrogen-bond acceptors (Lipinski definition) is 1. The minimum atomic E-state index is 0.284. The van der Waals surface area contributed by atoms with Crippen LogP contribution in [0.25, 0.3) is 5.69 Å². The van der Waals surface area contributed by atoms with Gasteiger partial charge in [-0.25, -0.2) is 0 Å². The normalized spacial score (nSPS) is 14.6. The molecular weight excluding hydrogens is 302 g/mol. The summed E-state index contributed by atoms with van der Waals surface area (Å²) in [5, 5.41) is 0. The third kappa shape index (κ3) is 1.96. The van der Waals surface area contributed by atoms with Crippen LogP contribution in [-0.4, -0.2) is 10.4 Å². The Labute approximate surface area is 121 Å². The zero-order valence-corrected chi connectivity index (χ0v) is 12.8. The highest BCUT2D eigenvalue weighted by Crippen LogP contribution is 2.32. The largest absolute Gasteiger partial charge is 0.316 e. The number of nitrogens with zero attached hydrogens (tertiary/aromatic N) is 1. The first-order valence-electron chi connectivity index (χ1n) is 6.59. The van der Waals surface area contributed by atoms with E-state index in [4.69, 9.17) is 0 Å². The van der Waals surface area contributed by atoms with E-state index in [1.807, 2.05) is 6.07 Å². The average molecular weight is 318 g/mol. The quantitative estimate of drug-likeness (QED) is 0.765. The highest BCUT2D eigenvalue weighted by molar-refractivity contribution is 9.10. The van der Waals surface area contributed by atoms with Crippen molar-refractivity contribution < 1.29 is 4.79 Å². The molecule has 2 aromatic rings. The molecule has 0 spiro atoms. The van der Waals surface area contributed by atoms with Crippen LogP contribution in [0.15, 0.2) is 28.7 Å². The zero-order valence-electron chi connectivity index (χ0n) is 11.2. The monoisotopic (exact) mass is 317 g/mol.